The molecule has 0 saturated carbocycles. The number of hydrogen-bond donors (Lipinski definition) is 1. The summed E-state index contributed by atoms with van der Waals surface area (Å²) in [4.78, 5) is 27.5. The highest BCUT2D eigenvalue weighted by atomic mass is 32.2. The molecule has 10 heteroatoms. The molecule has 0 fully saturated rings. The van der Waals surface area contributed by atoms with Gasteiger partial charge in [0, 0.05) is 33.8 Å². The molecule has 2 heterocycles. The number of ketones is 1. The van der Waals surface area contributed by atoms with Crippen molar-refractivity contribution < 1.29 is 27.5 Å². The van der Waals surface area contributed by atoms with Crippen molar-refractivity contribution >= 4 is 39.4 Å². The van der Waals surface area contributed by atoms with E-state index in [4.69, 9.17) is 9.15 Å². The molecule has 0 saturated heterocycles. The quantitative estimate of drug-likeness (QED) is 0.117. The van der Waals surface area contributed by atoms with Gasteiger partial charge in [0.1, 0.15) is 5.00 Å². The number of nitrogens with one attached hydrogen (secondary N) is 1. The summed E-state index contributed by atoms with van der Waals surface area (Å²) in [5.41, 5.74) is 0.282. The Morgan fingerprint density at radius 2 is 1.77 bits per heavy atom. The predicted molar refractivity (Wildman–Crippen MR) is 159 cm³/mol. The lowest BCUT2D eigenvalue weighted by Crippen LogP contribution is -2.62. The minimum Gasteiger partial charge on any atom is -0.755 e. The van der Waals surface area contributed by atoms with E-state index in [0.29, 0.717) is 10.9 Å². The van der Waals surface area contributed by atoms with Crippen LogP contribution >= 0.6 is 11.3 Å². The molecule has 0 spiro atoms. The summed E-state index contributed by atoms with van der Waals surface area (Å²) in [6.07, 6.45) is 2.24. The highest BCUT2D eigenvalue weighted by Gasteiger charge is 2.51. The summed E-state index contributed by atoms with van der Waals surface area (Å²) in [7, 11) is 1.26. The molecule has 0 bridgehead atoms. The number of anilines is 1. The summed E-state index contributed by atoms with van der Waals surface area (Å²) in [6, 6.07) is 12.9. The van der Waals surface area contributed by atoms with Crippen LogP contribution in [0.4, 0.5) is 5.00 Å². The Hall–Kier alpha value is -2.79. The standard InChI is InChI=1S/C30H40N2O6S2/c1-19(2)16-23-17-24(27(39-23)32(40(35)36)29(5,6)7)22-13-11-21(12-14-22)18-31-30(20(3)4,28(34)37-8)26(33)25-10-9-15-38-25/h9-15,17,19-20,31H,16,18H2,1-8H3,(H,35,36)/p-1. The third-order valence-electron chi connectivity index (χ3n) is 6.63. The van der Waals surface area contributed by atoms with Crippen LogP contribution in [0.25, 0.3) is 11.1 Å². The van der Waals surface area contributed by atoms with Crippen molar-refractivity contribution in [3.8, 4) is 11.1 Å². The molecular weight excluding hydrogens is 548 g/mol. The van der Waals surface area contributed by atoms with Gasteiger partial charge < -0.3 is 13.7 Å². The molecule has 3 rings (SSSR count). The Morgan fingerprint density at radius 1 is 1.12 bits per heavy atom. The first-order chi connectivity index (χ1) is 18.7. The lowest BCUT2D eigenvalue weighted by atomic mass is 9.81. The third-order valence-corrected chi connectivity index (χ3v) is 8.92. The predicted octanol–water partition coefficient (Wildman–Crippen LogP) is 6.15. The number of carbonyl (C=O) groups excluding carboxylic acids is 2. The van der Waals surface area contributed by atoms with E-state index in [2.05, 4.69) is 25.2 Å². The molecule has 2 atom stereocenters. The minimum atomic E-state index is -2.45. The zero-order valence-electron chi connectivity index (χ0n) is 24.4. The molecule has 218 valence electrons. The van der Waals surface area contributed by atoms with E-state index >= 15 is 0 Å². The summed E-state index contributed by atoms with van der Waals surface area (Å²) in [6.45, 7) is 13.7. The van der Waals surface area contributed by atoms with Gasteiger partial charge in [0.15, 0.2) is 11.3 Å². The number of furan rings is 1. The number of carbonyl (C=O) groups is 2. The second kappa shape index (κ2) is 12.8. The van der Waals surface area contributed by atoms with E-state index in [1.165, 1.54) is 35.1 Å². The first kappa shape index (κ1) is 31.7. The number of thiophene rings is 1. The van der Waals surface area contributed by atoms with Crippen LogP contribution in [0.2, 0.25) is 0 Å². The number of ether oxygens (including phenoxy) is 1. The van der Waals surface area contributed by atoms with Crippen LogP contribution in [0.5, 0.6) is 0 Å². The number of hydrogen-bond acceptors (Lipinski definition) is 8. The molecule has 0 aliphatic heterocycles. The van der Waals surface area contributed by atoms with E-state index in [1.807, 2.05) is 45.0 Å². The summed E-state index contributed by atoms with van der Waals surface area (Å²) < 4.78 is 36.4. The molecule has 0 amide bonds. The monoisotopic (exact) mass is 587 g/mol. The molecule has 0 aliphatic carbocycles. The van der Waals surface area contributed by atoms with Crippen LogP contribution in [-0.4, -0.2) is 38.7 Å². The van der Waals surface area contributed by atoms with Crippen LogP contribution in [0.1, 0.15) is 69.5 Å². The normalized spacial score (nSPS) is 14.3. The van der Waals surface area contributed by atoms with E-state index in [9.17, 15) is 18.4 Å². The topological polar surface area (TPSA) is 112 Å². The lowest BCUT2D eigenvalue weighted by Gasteiger charge is -2.38. The van der Waals surface area contributed by atoms with Gasteiger partial charge in [-0.3, -0.25) is 18.6 Å². The SMILES string of the molecule is COC(=O)C(NCc1ccc(-c2cc(CC(C)C)sc2N(S(=O)[O-])C(C)(C)C)cc1)(C(=O)c1ccco1)C(C)C. The molecule has 1 aromatic carbocycles. The summed E-state index contributed by atoms with van der Waals surface area (Å²) in [5, 5.41) is 3.84. The van der Waals surface area contributed by atoms with Gasteiger partial charge in [-0.25, -0.2) is 4.79 Å². The highest BCUT2D eigenvalue weighted by Crippen LogP contribution is 2.43. The molecule has 0 aliphatic rings. The number of rotatable bonds is 12. The van der Waals surface area contributed by atoms with Crippen molar-refractivity contribution in [2.75, 3.05) is 11.4 Å². The fraction of sp³-hybridized carbons (Fsp3) is 0.467. The number of methoxy groups -OCH3 is 1. The molecular formula is C30H39N2O6S2-. The van der Waals surface area contributed by atoms with Crippen molar-refractivity contribution in [2.24, 2.45) is 11.8 Å². The lowest BCUT2D eigenvalue weighted by molar-refractivity contribution is -0.148. The van der Waals surface area contributed by atoms with Crippen molar-refractivity contribution in [1.29, 1.82) is 0 Å². The Balaban J connectivity index is 1.96. The average molecular weight is 588 g/mol. The minimum absolute atomic E-state index is 0.0725. The van der Waals surface area contributed by atoms with Crippen molar-refractivity contribution in [3.63, 3.8) is 0 Å². The average Bonchev–Trinajstić information content (AvgIpc) is 3.53. The highest BCUT2D eigenvalue weighted by molar-refractivity contribution is 7.81. The van der Waals surface area contributed by atoms with E-state index < -0.39 is 40.0 Å². The Morgan fingerprint density at radius 3 is 2.25 bits per heavy atom. The van der Waals surface area contributed by atoms with Crippen LogP contribution in [0.15, 0.2) is 53.1 Å². The first-order valence-electron chi connectivity index (χ1n) is 13.3. The van der Waals surface area contributed by atoms with Gasteiger partial charge in [0.2, 0.25) is 5.78 Å². The smallest absolute Gasteiger partial charge is 0.334 e. The van der Waals surface area contributed by atoms with Gasteiger partial charge in [0.25, 0.3) is 0 Å². The second-order valence-electron chi connectivity index (χ2n) is 11.5. The van der Waals surface area contributed by atoms with Gasteiger partial charge in [-0.05, 0) is 68.4 Å². The Kier molecular flexibility index (Phi) is 10.2. The number of nitrogens with zero attached hydrogens (tertiary/aromatic N) is 1. The van der Waals surface area contributed by atoms with Crippen molar-refractivity contribution in [1.82, 2.24) is 5.32 Å². The zero-order chi connectivity index (χ0) is 29.8. The molecule has 0 radical (unpaired) electrons. The number of benzene rings is 1. The number of Topliss-reactive ketones (excluding diaryl/α,β-unsaturated/α-hetero) is 1. The maximum atomic E-state index is 13.4. The van der Waals surface area contributed by atoms with Gasteiger partial charge in [0.05, 0.1) is 13.4 Å². The number of esters is 1. The van der Waals surface area contributed by atoms with Crippen molar-refractivity contribution in [2.45, 2.75) is 72.5 Å². The van der Waals surface area contributed by atoms with E-state index in [-0.39, 0.29) is 12.3 Å². The van der Waals surface area contributed by atoms with Crippen LogP contribution in [0, 0.1) is 11.8 Å². The van der Waals surface area contributed by atoms with E-state index in [0.717, 1.165) is 28.0 Å². The first-order valence-corrected chi connectivity index (χ1v) is 15.1. The molecule has 8 nitrogen and oxygen atoms in total. The fourth-order valence-electron chi connectivity index (χ4n) is 4.64. The maximum absolute atomic E-state index is 13.4. The fourth-order valence-corrected chi connectivity index (χ4v) is 7.10. The van der Waals surface area contributed by atoms with Crippen LogP contribution < -0.4 is 9.62 Å². The largest absolute Gasteiger partial charge is 0.755 e. The molecule has 2 unspecified atom stereocenters. The van der Waals surface area contributed by atoms with Gasteiger partial charge in [-0.1, -0.05) is 52.0 Å². The van der Waals surface area contributed by atoms with Gasteiger partial charge in [-0.2, -0.15) is 0 Å². The molecule has 3 aromatic rings. The maximum Gasteiger partial charge on any atom is 0.334 e. The molecule has 40 heavy (non-hydrogen) atoms. The molecule has 2 aromatic heterocycles. The summed E-state index contributed by atoms with van der Waals surface area (Å²) in [5.74, 6) is -1.11. The summed E-state index contributed by atoms with van der Waals surface area (Å²) >= 11 is -0.954. The van der Waals surface area contributed by atoms with Crippen LogP contribution in [0.3, 0.4) is 0 Å². The zero-order valence-corrected chi connectivity index (χ0v) is 26.0. The van der Waals surface area contributed by atoms with Crippen molar-refractivity contribution in [3.05, 3.63) is 64.9 Å². The third kappa shape index (κ3) is 6.74. The van der Waals surface area contributed by atoms with Crippen LogP contribution in [-0.2, 0) is 33.8 Å². The Bertz CT molecular complexity index is 1320. The van der Waals surface area contributed by atoms with Gasteiger partial charge in [-0.15, -0.1) is 11.3 Å². The Labute approximate surface area is 243 Å². The second-order valence-corrected chi connectivity index (χ2v) is 13.4. The van der Waals surface area contributed by atoms with E-state index in [1.54, 1.807) is 19.9 Å². The molecule has 1 N–H and O–H groups in total. The van der Waals surface area contributed by atoms with Gasteiger partial charge >= 0.3 is 5.97 Å².